The van der Waals surface area contributed by atoms with E-state index < -0.39 is 0 Å². The van der Waals surface area contributed by atoms with Crippen molar-refractivity contribution in [2.45, 2.75) is 27.2 Å². The summed E-state index contributed by atoms with van der Waals surface area (Å²) in [5.74, 6) is 0.412. The Morgan fingerprint density at radius 2 is 1.95 bits per heavy atom. The quantitative estimate of drug-likeness (QED) is 0.858. The monoisotopic (exact) mass is 258 g/mol. The van der Waals surface area contributed by atoms with Crippen LogP contribution in [0.15, 0.2) is 24.4 Å². The van der Waals surface area contributed by atoms with Crippen molar-refractivity contribution in [3.05, 3.63) is 52.6 Å². The number of rotatable bonds is 4. The molecule has 0 spiro atoms. The number of esters is 1. The highest BCUT2D eigenvalue weighted by Gasteiger charge is 2.10. The summed E-state index contributed by atoms with van der Waals surface area (Å²) in [5, 5.41) is 0. The van der Waals surface area contributed by atoms with Crippen molar-refractivity contribution in [3.63, 3.8) is 0 Å². The van der Waals surface area contributed by atoms with Crippen molar-refractivity contribution in [1.29, 1.82) is 0 Å². The van der Waals surface area contributed by atoms with E-state index in [1.165, 1.54) is 22.9 Å². The predicted octanol–water partition coefficient (Wildman–Crippen LogP) is 2.79. The third-order valence-electron chi connectivity index (χ3n) is 2.78. The van der Waals surface area contributed by atoms with Gasteiger partial charge in [-0.2, -0.15) is 0 Å². The van der Waals surface area contributed by atoms with Crippen LogP contribution in [0.25, 0.3) is 0 Å². The lowest BCUT2D eigenvalue weighted by Crippen LogP contribution is -2.05. The lowest BCUT2D eigenvalue weighted by molar-refractivity contribution is 0.0520. The minimum atomic E-state index is -0.360. The predicted molar refractivity (Wildman–Crippen MR) is 73.3 cm³/mol. The maximum absolute atomic E-state index is 11.5. The van der Waals surface area contributed by atoms with Crippen LogP contribution in [0, 0.1) is 13.8 Å². The molecule has 0 saturated carbocycles. The molecule has 4 nitrogen and oxygen atoms in total. The van der Waals surface area contributed by atoms with E-state index in [0.29, 0.717) is 18.7 Å². The van der Waals surface area contributed by atoms with Crippen LogP contribution in [0.3, 0.4) is 0 Å². The molecule has 0 aliphatic heterocycles. The van der Waals surface area contributed by atoms with Gasteiger partial charge < -0.3 is 9.72 Å². The summed E-state index contributed by atoms with van der Waals surface area (Å²) in [4.78, 5) is 18.7. The molecule has 1 aromatic carbocycles. The molecule has 1 heterocycles. The number of H-pyrrole nitrogens is 1. The average molecular weight is 258 g/mol. The molecule has 2 rings (SSSR count). The van der Waals surface area contributed by atoms with E-state index in [0.717, 1.165) is 5.82 Å². The highest BCUT2D eigenvalue weighted by molar-refractivity contribution is 5.86. The topological polar surface area (TPSA) is 55.0 Å². The van der Waals surface area contributed by atoms with Crippen LogP contribution in [0.2, 0.25) is 0 Å². The van der Waals surface area contributed by atoms with Gasteiger partial charge in [0.2, 0.25) is 0 Å². The SMILES string of the molecule is CCOC(=O)c1cnc(Cc2cc(C)cc(C)c2)[nH]1. The molecule has 0 aliphatic rings. The third-order valence-corrected chi connectivity index (χ3v) is 2.78. The summed E-state index contributed by atoms with van der Waals surface area (Å²) in [6.07, 6.45) is 2.21. The Labute approximate surface area is 112 Å². The second-order valence-electron chi connectivity index (χ2n) is 4.64. The van der Waals surface area contributed by atoms with Crippen LogP contribution in [-0.4, -0.2) is 22.5 Å². The van der Waals surface area contributed by atoms with Crippen LogP contribution in [0.1, 0.15) is 39.9 Å². The molecule has 1 N–H and O–H groups in total. The summed E-state index contributed by atoms with van der Waals surface area (Å²) in [6, 6.07) is 6.38. The Balaban J connectivity index is 2.13. The molecular formula is C15H18N2O2. The van der Waals surface area contributed by atoms with Crippen LogP contribution < -0.4 is 0 Å². The van der Waals surface area contributed by atoms with Crippen molar-refractivity contribution in [1.82, 2.24) is 9.97 Å². The fourth-order valence-corrected chi connectivity index (χ4v) is 2.13. The molecule has 0 saturated heterocycles. The molecule has 100 valence electrons. The molecular weight excluding hydrogens is 240 g/mol. The number of nitrogens with one attached hydrogen (secondary N) is 1. The van der Waals surface area contributed by atoms with Crippen LogP contribution >= 0.6 is 0 Å². The Morgan fingerprint density at radius 3 is 2.58 bits per heavy atom. The number of hydrogen-bond donors (Lipinski definition) is 1. The summed E-state index contributed by atoms with van der Waals surface area (Å²) < 4.78 is 4.92. The Kier molecular flexibility index (Phi) is 4.00. The third kappa shape index (κ3) is 3.44. The van der Waals surface area contributed by atoms with Crippen LogP contribution in [0.4, 0.5) is 0 Å². The van der Waals surface area contributed by atoms with Crippen molar-refractivity contribution in [2.24, 2.45) is 0 Å². The zero-order chi connectivity index (χ0) is 13.8. The van der Waals surface area contributed by atoms with Gasteiger partial charge in [-0.05, 0) is 26.3 Å². The summed E-state index contributed by atoms with van der Waals surface area (Å²) >= 11 is 0. The van der Waals surface area contributed by atoms with Gasteiger partial charge in [-0.3, -0.25) is 0 Å². The van der Waals surface area contributed by atoms with Gasteiger partial charge in [-0.25, -0.2) is 9.78 Å². The highest BCUT2D eigenvalue weighted by atomic mass is 16.5. The van der Waals surface area contributed by atoms with Gasteiger partial charge in [0.15, 0.2) is 0 Å². The number of ether oxygens (including phenoxy) is 1. The maximum Gasteiger partial charge on any atom is 0.356 e. The fraction of sp³-hybridized carbons (Fsp3) is 0.333. The molecule has 4 heteroatoms. The molecule has 0 radical (unpaired) electrons. The average Bonchev–Trinajstić information content (AvgIpc) is 2.76. The summed E-state index contributed by atoms with van der Waals surface area (Å²) in [5.41, 5.74) is 4.04. The van der Waals surface area contributed by atoms with Gasteiger partial charge >= 0.3 is 5.97 Å². The van der Waals surface area contributed by atoms with E-state index in [1.54, 1.807) is 6.92 Å². The second kappa shape index (κ2) is 5.69. The molecule has 1 aromatic heterocycles. The van der Waals surface area contributed by atoms with Gasteiger partial charge in [0.05, 0.1) is 12.8 Å². The normalized spacial score (nSPS) is 10.5. The number of imidazole rings is 1. The van der Waals surface area contributed by atoms with Crippen molar-refractivity contribution in [3.8, 4) is 0 Å². The first-order chi connectivity index (χ1) is 9.08. The minimum absolute atomic E-state index is 0.360. The number of carbonyl (C=O) groups is 1. The first-order valence-corrected chi connectivity index (χ1v) is 6.36. The molecule has 0 fully saturated rings. The largest absolute Gasteiger partial charge is 0.461 e. The van der Waals surface area contributed by atoms with E-state index in [4.69, 9.17) is 4.74 Å². The zero-order valence-electron chi connectivity index (χ0n) is 11.5. The van der Waals surface area contributed by atoms with Gasteiger partial charge in [0.1, 0.15) is 11.5 Å². The van der Waals surface area contributed by atoms with E-state index in [9.17, 15) is 4.79 Å². The number of hydrogen-bond acceptors (Lipinski definition) is 3. The van der Waals surface area contributed by atoms with Crippen molar-refractivity contribution in [2.75, 3.05) is 6.61 Å². The molecule has 0 unspecified atom stereocenters. The number of nitrogens with zero attached hydrogens (tertiary/aromatic N) is 1. The maximum atomic E-state index is 11.5. The fourth-order valence-electron chi connectivity index (χ4n) is 2.13. The summed E-state index contributed by atoms with van der Waals surface area (Å²) in [6.45, 7) is 6.29. The standard InChI is InChI=1S/C15H18N2O2/c1-4-19-15(18)13-9-16-14(17-13)8-12-6-10(2)5-11(3)7-12/h5-7,9H,4,8H2,1-3H3,(H,16,17). The molecule has 0 atom stereocenters. The van der Waals surface area contributed by atoms with E-state index in [-0.39, 0.29) is 5.97 Å². The molecule has 0 aliphatic carbocycles. The smallest absolute Gasteiger partial charge is 0.356 e. The van der Waals surface area contributed by atoms with Gasteiger partial charge in [0.25, 0.3) is 0 Å². The zero-order valence-corrected chi connectivity index (χ0v) is 11.5. The van der Waals surface area contributed by atoms with E-state index >= 15 is 0 Å². The number of aryl methyl sites for hydroxylation is 2. The minimum Gasteiger partial charge on any atom is -0.461 e. The van der Waals surface area contributed by atoms with Crippen molar-refractivity contribution < 1.29 is 9.53 Å². The van der Waals surface area contributed by atoms with Gasteiger partial charge in [-0.1, -0.05) is 29.3 Å². The lowest BCUT2D eigenvalue weighted by Gasteiger charge is -2.03. The van der Waals surface area contributed by atoms with Crippen LogP contribution in [-0.2, 0) is 11.2 Å². The van der Waals surface area contributed by atoms with Crippen molar-refractivity contribution >= 4 is 5.97 Å². The Hall–Kier alpha value is -2.10. The number of benzene rings is 1. The van der Waals surface area contributed by atoms with E-state index in [2.05, 4.69) is 42.0 Å². The highest BCUT2D eigenvalue weighted by Crippen LogP contribution is 2.12. The first-order valence-electron chi connectivity index (χ1n) is 6.36. The lowest BCUT2D eigenvalue weighted by atomic mass is 10.1. The molecule has 2 aromatic rings. The first kappa shape index (κ1) is 13.3. The second-order valence-corrected chi connectivity index (χ2v) is 4.64. The Morgan fingerprint density at radius 1 is 1.26 bits per heavy atom. The van der Waals surface area contributed by atoms with Crippen LogP contribution in [0.5, 0.6) is 0 Å². The number of aromatic amines is 1. The summed E-state index contributed by atoms with van der Waals surface area (Å²) in [7, 11) is 0. The Bertz CT molecular complexity index is 567. The molecule has 0 amide bonds. The molecule has 19 heavy (non-hydrogen) atoms. The number of carbonyl (C=O) groups excluding carboxylic acids is 1. The van der Waals surface area contributed by atoms with Gasteiger partial charge in [0, 0.05) is 6.42 Å². The van der Waals surface area contributed by atoms with E-state index in [1.807, 2.05) is 0 Å². The molecule has 0 bridgehead atoms. The van der Waals surface area contributed by atoms with Gasteiger partial charge in [-0.15, -0.1) is 0 Å². The number of aromatic nitrogens is 2.